The normalized spacial score (nSPS) is 16.5. The monoisotopic (exact) mass is 384 g/mol. The van der Waals surface area contributed by atoms with Crippen molar-refractivity contribution >= 4 is 23.5 Å². The van der Waals surface area contributed by atoms with Gasteiger partial charge in [0, 0.05) is 18.8 Å². The van der Waals surface area contributed by atoms with Crippen LogP contribution in [0.1, 0.15) is 46.2 Å². The van der Waals surface area contributed by atoms with Gasteiger partial charge in [-0.15, -0.1) is 0 Å². The van der Waals surface area contributed by atoms with Crippen LogP contribution in [0.15, 0.2) is 41.0 Å². The standard InChI is InChI=1S/C21H24N2O5/c1-14-5-3-9-23(12-14)19(24)13-28-21(26)16-8-7-15(2)17(11-16)22-20(25)18-6-4-10-27-18/h4,6-8,10-11,14H,3,5,9,12-13H2,1-2H3,(H,22,25). The number of furan rings is 1. The van der Waals surface area contributed by atoms with Gasteiger partial charge in [0.05, 0.1) is 11.8 Å². The number of piperidine rings is 1. The number of anilines is 1. The van der Waals surface area contributed by atoms with Crippen molar-refractivity contribution in [1.29, 1.82) is 0 Å². The molecule has 2 amide bonds. The lowest BCUT2D eigenvalue weighted by molar-refractivity contribution is -0.136. The first-order valence-electron chi connectivity index (χ1n) is 9.34. The van der Waals surface area contributed by atoms with E-state index in [1.165, 1.54) is 12.3 Å². The smallest absolute Gasteiger partial charge is 0.338 e. The summed E-state index contributed by atoms with van der Waals surface area (Å²) in [6, 6.07) is 8.02. The van der Waals surface area contributed by atoms with Gasteiger partial charge in [-0.1, -0.05) is 13.0 Å². The van der Waals surface area contributed by atoms with E-state index in [9.17, 15) is 14.4 Å². The van der Waals surface area contributed by atoms with Crippen molar-refractivity contribution < 1.29 is 23.5 Å². The molecular weight excluding hydrogens is 360 g/mol. The summed E-state index contributed by atoms with van der Waals surface area (Å²) in [5.74, 6) is -0.558. The molecule has 148 valence electrons. The molecule has 1 aromatic carbocycles. The lowest BCUT2D eigenvalue weighted by Crippen LogP contribution is -2.41. The predicted molar refractivity (Wildman–Crippen MR) is 103 cm³/mol. The van der Waals surface area contributed by atoms with Crippen molar-refractivity contribution in [1.82, 2.24) is 4.90 Å². The van der Waals surface area contributed by atoms with Gasteiger partial charge in [-0.3, -0.25) is 9.59 Å². The number of esters is 1. The predicted octanol–water partition coefficient (Wildman–Crippen LogP) is 3.26. The molecule has 28 heavy (non-hydrogen) atoms. The Morgan fingerprint density at radius 1 is 1.29 bits per heavy atom. The Kier molecular flexibility index (Phi) is 6.13. The van der Waals surface area contributed by atoms with Crippen molar-refractivity contribution in [3.8, 4) is 0 Å². The van der Waals surface area contributed by atoms with E-state index in [1.807, 2.05) is 6.92 Å². The maximum Gasteiger partial charge on any atom is 0.338 e. The molecule has 7 nitrogen and oxygen atoms in total. The van der Waals surface area contributed by atoms with Crippen LogP contribution in [0.3, 0.4) is 0 Å². The molecule has 0 saturated carbocycles. The molecule has 0 bridgehead atoms. The number of ether oxygens (including phenoxy) is 1. The average molecular weight is 384 g/mol. The van der Waals surface area contributed by atoms with E-state index in [0.717, 1.165) is 18.4 Å². The molecule has 0 spiro atoms. The largest absolute Gasteiger partial charge is 0.459 e. The van der Waals surface area contributed by atoms with Crippen molar-refractivity contribution in [3.63, 3.8) is 0 Å². The van der Waals surface area contributed by atoms with Crippen molar-refractivity contribution in [2.75, 3.05) is 25.0 Å². The summed E-state index contributed by atoms with van der Waals surface area (Å²) in [5.41, 5.74) is 1.53. The zero-order chi connectivity index (χ0) is 20.1. The molecule has 2 aromatic rings. The van der Waals surface area contributed by atoms with Gasteiger partial charge in [-0.2, -0.15) is 0 Å². The molecule has 1 aliphatic rings. The van der Waals surface area contributed by atoms with E-state index in [4.69, 9.17) is 9.15 Å². The van der Waals surface area contributed by atoms with Crippen LogP contribution < -0.4 is 5.32 Å². The van der Waals surface area contributed by atoms with Gasteiger partial charge in [0.1, 0.15) is 0 Å². The molecule has 1 N–H and O–H groups in total. The van der Waals surface area contributed by atoms with Gasteiger partial charge in [0.15, 0.2) is 12.4 Å². The number of carbonyl (C=O) groups excluding carboxylic acids is 3. The van der Waals surface area contributed by atoms with Crippen LogP contribution in [-0.2, 0) is 9.53 Å². The maximum absolute atomic E-state index is 12.4. The van der Waals surface area contributed by atoms with Gasteiger partial charge in [0.25, 0.3) is 11.8 Å². The minimum absolute atomic E-state index is 0.175. The Morgan fingerprint density at radius 3 is 2.82 bits per heavy atom. The van der Waals surface area contributed by atoms with Crippen LogP contribution in [0.25, 0.3) is 0 Å². The van der Waals surface area contributed by atoms with E-state index in [2.05, 4.69) is 12.2 Å². The average Bonchev–Trinajstić information content (AvgIpc) is 3.22. The van der Waals surface area contributed by atoms with E-state index in [1.54, 1.807) is 29.2 Å². The van der Waals surface area contributed by atoms with E-state index >= 15 is 0 Å². The summed E-state index contributed by atoms with van der Waals surface area (Å²) in [7, 11) is 0. The van der Waals surface area contributed by atoms with Crippen LogP contribution in [0.4, 0.5) is 5.69 Å². The third-order valence-corrected chi connectivity index (χ3v) is 4.80. The summed E-state index contributed by atoms with van der Waals surface area (Å²) >= 11 is 0. The second kappa shape index (κ2) is 8.73. The van der Waals surface area contributed by atoms with Crippen LogP contribution in [0.2, 0.25) is 0 Å². The van der Waals surface area contributed by atoms with Gasteiger partial charge in [-0.25, -0.2) is 4.79 Å². The molecule has 0 aliphatic carbocycles. The number of nitrogens with zero attached hydrogens (tertiary/aromatic N) is 1. The summed E-state index contributed by atoms with van der Waals surface area (Å²) in [4.78, 5) is 38.5. The Balaban J connectivity index is 1.60. The van der Waals surface area contributed by atoms with Gasteiger partial charge >= 0.3 is 5.97 Å². The first-order chi connectivity index (χ1) is 13.4. The quantitative estimate of drug-likeness (QED) is 0.800. The first-order valence-corrected chi connectivity index (χ1v) is 9.34. The van der Waals surface area contributed by atoms with Crippen LogP contribution in [-0.4, -0.2) is 42.4 Å². The fourth-order valence-electron chi connectivity index (χ4n) is 3.19. The zero-order valence-electron chi connectivity index (χ0n) is 16.1. The number of benzene rings is 1. The number of amides is 2. The van der Waals surface area contributed by atoms with Crippen LogP contribution in [0.5, 0.6) is 0 Å². The minimum atomic E-state index is -0.605. The Hall–Kier alpha value is -3.09. The maximum atomic E-state index is 12.4. The second-order valence-corrected chi connectivity index (χ2v) is 7.12. The highest BCUT2D eigenvalue weighted by Crippen LogP contribution is 2.19. The summed E-state index contributed by atoms with van der Waals surface area (Å²) in [6.45, 7) is 5.04. The third kappa shape index (κ3) is 4.79. The van der Waals surface area contributed by atoms with E-state index in [0.29, 0.717) is 24.7 Å². The Morgan fingerprint density at radius 2 is 2.11 bits per heavy atom. The number of carbonyl (C=O) groups is 3. The fraction of sp³-hybridized carbons (Fsp3) is 0.381. The highest BCUT2D eigenvalue weighted by molar-refractivity contribution is 6.03. The Bertz CT molecular complexity index is 860. The number of nitrogens with one attached hydrogen (secondary N) is 1. The Labute approximate surface area is 163 Å². The molecule has 7 heteroatoms. The lowest BCUT2D eigenvalue weighted by Gasteiger charge is -2.30. The molecule has 1 saturated heterocycles. The highest BCUT2D eigenvalue weighted by Gasteiger charge is 2.22. The molecule has 1 unspecified atom stereocenters. The van der Waals surface area contributed by atoms with Crippen molar-refractivity contribution in [2.24, 2.45) is 5.92 Å². The molecule has 1 fully saturated rings. The summed E-state index contributed by atoms with van der Waals surface area (Å²) in [5, 5.41) is 2.71. The number of aryl methyl sites for hydroxylation is 1. The summed E-state index contributed by atoms with van der Waals surface area (Å²) in [6.07, 6.45) is 3.49. The number of hydrogen-bond acceptors (Lipinski definition) is 5. The third-order valence-electron chi connectivity index (χ3n) is 4.80. The SMILES string of the molecule is Cc1ccc(C(=O)OCC(=O)N2CCCC(C)C2)cc1NC(=O)c1ccco1. The van der Waals surface area contributed by atoms with Crippen LogP contribution in [0, 0.1) is 12.8 Å². The van der Waals surface area contributed by atoms with Gasteiger partial charge in [0.2, 0.25) is 0 Å². The van der Waals surface area contributed by atoms with Crippen molar-refractivity contribution in [3.05, 3.63) is 53.5 Å². The van der Waals surface area contributed by atoms with E-state index < -0.39 is 11.9 Å². The fourth-order valence-corrected chi connectivity index (χ4v) is 3.19. The molecule has 1 aliphatic heterocycles. The molecule has 1 atom stereocenters. The van der Waals surface area contributed by atoms with Crippen molar-refractivity contribution in [2.45, 2.75) is 26.7 Å². The van der Waals surface area contributed by atoms with E-state index in [-0.39, 0.29) is 23.8 Å². The molecule has 1 aromatic heterocycles. The number of rotatable bonds is 5. The highest BCUT2D eigenvalue weighted by atomic mass is 16.5. The first kappa shape index (κ1) is 19.7. The second-order valence-electron chi connectivity index (χ2n) is 7.12. The summed E-state index contributed by atoms with van der Waals surface area (Å²) < 4.78 is 10.3. The zero-order valence-corrected chi connectivity index (χ0v) is 16.1. The number of hydrogen-bond donors (Lipinski definition) is 1. The molecule has 3 rings (SSSR count). The van der Waals surface area contributed by atoms with Gasteiger partial charge in [-0.05, 0) is 55.5 Å². The molecule has 0 radical (unpaired) electrons. The molecular formula is C21H24N2O5. The van der Waals surface area contributed by atoms with Crippen LogP contribution >= 0.6 is 0 Å². The topological polar surface area (TPSA) is 88.9 Å². The number of likely N-dealkylation sites (tertiary alicyclic amines) is 1. The minimum Gasteiger partial charge on any atom is -0.459 e. The molecule has 2 heterocycles. The van der Waals surface area contributed by atoms with Gasteiger partial charge < -0.3 is 19.4 Å². The lowest BCUT2D eigenvalue weighted by atomic mass is 10.0.